The Bertz CT molecular complexity index is 369. The highest BCUT2D eigenvalue weighted by Gasteiger charge is 2.13. The summed E-state index contributed by atoms with van der Waals surface area (Å²) in [4.78, 5) is 15.5. The number of rotatable bonds is 2. The number of urea groups is 1. The second-order valence-electron chi connectivity index (χ2n) is 4.86. The van der Waals surface area contributed by atoms with Gasteiger partial charge in [0.2, 0.25) is 0 Å². The number of nitrogens with zero attached hydrogens (tertiary/aromatic N) is 1. The van der Waals surface area contributed by atoms with Gasteiger partial charge in [-0.2, -0.15) is 0 Å². The molecule has 0 aromatic carbocycles. The van der Waals surface area contributed by atoms with Gasteiger partial charge in [0, 0.05) is 24.5 Å². The first-order valence-corrected chi connectivity index (χ1v) is 5.34. The van der Waals surface area contributed by atoms with Crippen LogP contribution in [0.15, 0.2) is 18.5 Å². The van der Waals surface area contributed by atoms with Crippen LogP contribution in [-0.4, -0.2) is 16.6 Å². The van der Waals surface area contributed by atoms with Gasteiger partial charge in [-0.25, -0.2) is 4.79 Å². The van der Waals surface area contributed by atoms with Crippen LogP contribution in [-0.2, 0) is 6.54 Å². The van der Waals surface area contributed by atoms with E-state index in [-0.39, 0.29) is 11.6 Å². The minimum atomic E-state index is -0.214. The van der Waals surface area contributed by atoms with E-state index in [9.17, 15) is 4.79 Å². The zero-order valence-corrected chi connectivity index (χ0v) is 10.3. The molecule has 0 spiro atoms. The Labute approximate surface area is 96.5 Å². The summed E-state index contributed by atoms with van der Waals surface area (Å²) in [7, 11) is 0. The smallest absolute Gasteiger partial charge is 0.315 e. The quantitative estimate of drug-likeness (QED) is 0.802. The predicted molar refractivity (Wildman–Crippen MR) is 64.1 cm³/mol. The van der Waals surface area contributed by atoms with Crippen LogP contribution in [0, 0.1) is 6.92 Å². The number of carbonyl (C=O) groups excluding carboxylic acids is 1. The Balaban J connectivity index is 2.47. The lowest BCUT2D eigenvalue weighted by atomic mass is 10.1. The van der Waals surface area contributed by atoms with Gasteiger partial charge in [-0.15, -0.1) is 0 Å². The summed E-state index contributed by atoms with van der Waals surface area (Å²) < 4.78 is 0. The monoisotopic (exact) mass is 221 g/mol. The van der Waals surface area contributed by atoms with Gasteiger partial charge < -0.3 is 10.6 Å². The van der Waals surface area contributed by atoms with E-state index >= 15 is 0 Å². The molecule has 0 bridgehead atoms. The van der Waals surface area contributed by atoms with Crippen molar-refractivity contribution in [3.05, 3.63) is 29.6 Å². The first-order chi connectivity index (χ1) is 7.38. The van der Waals surface area contributed by atoms with Crippen molar-refractivity contribution < 1.29 is 4.79 Å². The van der Waals surface area contributed by atoms with Gasteiger partial charge in [0.15, 0.2) is 0 Å². The number of aryl methyl sites for hydroxylation is 1. The maximum atomic E-state index is 11.5. The van der Waals surface area contributed by atoms with Gasteiger partial charge in [0.25, 0.3) is 0 Å². The Morgan fingerprint density at radius 2 is 2.12 bits per heavy atom. The van der Waals surface area contributed by atoms with Gasteiger partial charge in [-0.05, 0) is 44.9 Å². The van der Waals surface area contributed by atoms with Crippen molar-refractivity contribution in [2.24, 2.45) is 0 Å². The van der Waals surface area contributed by atoms with Crippen LogP contribution in [0.2, 0.25) is 0 Å². The van der Waals surface area contributed by atoms with Crippen molar-refractivity contribution in [1.82, 2.24) is 15.6 Å². The second kappa shape index (κ2) is 4.96. The van der Waals surface area contributed by atoms with Crippen LogP contribution in [0.25, 0.3) is 0 Å². The van der Waals surface area contributed by atoms with Gasteiger partial charge in [0.1, 0.15) is 0 Å². The summed E-state index contributed by atoms with van der Waals surface area (Å²) in [6.45, 7) is 8.34. The van der Waals surface area contributed by atoms with Crippen LogP contribution in [0.5, 0.6) is 0 Å². The van der Waals surface area contributed by atoms with E-state index in [1.54, 1.807) is 12.4 Å². The van der Waals surface area contributed by atoms with Crippen molar-refractivity contribution in [3.63, 3.8) is 0 Å². The lowest BCUT2D eigenvalue weighted by Gasteiger charge is -2.20. The molecule has 2 N–H and O–H groups in total. The Morgan fingerprint density at radius 1 is 1.44 bits per heavy atom. The van der Waals surface area contributed by atoms with Crippen LogP contribution in [0.4, 0.5) is 4.79 Å². The molecule has 0 unspecified atom stereocenters. The van der Waals surface area contributed by atoms with Crippen LogP contribution >= 0.6 is 0 Å². The van der Waals surface area contributed by atoms with Crippen molar-refractivity contribution >= 4 is 6.03 Å². The number of amides is 2. The van der Waals surface area contributed by atoms with Gasteiger partial charge in [-0.1, -0.05) is 0 Å². The van der Waals surface area contributed by atoms with Crippen LogP contribution in [0.1, 0.15) is 31.9 Å². The van der Waals surface area contributed by atoms with Gasteiger partial charge in [0.05, 0.1) is 0 Å². The summed E-state index contributed by atoms with van der Waals surface area (Å²) >= 11 is 0. The van der Waals surface area contributed by atoms with Crippen molar-refractivity contribution in [3.8, 4) is 0 Å². The Kier molecular flexibility index (Phi) is 3.88. The molecule has 1 heterocycles. The summed E-state index contributed by atoms with van der Waals surface area (Å²) in [5.74, 6) is 0. The molecule has 1 aromatic rings. The van der Waals surface area contributed by atoms with Crippen molar-refractivity contribution in [2.45, 2.75) is 39.8 Å². The molecule has 4 heteroatoms. The molecule has 0 aliphatic carbocycles. The molecule has 0 radical (unpaired) electrons. The van der Waals surface area contributed by atoms with E-state index in [2.05, 4.69) is 15.6 Å². The summed E-state index contributed by atoms with van der Waals surface area (Å²) in [5, 5.41) is 5.64. The molecule has 0 saturated heterocycles. The highest BCUT2D eigenvalue weighted by molar-refractivity contribution is 5.74. The molecule has 0 aliphatic heterocycles. The normalized spacial score (nSPS) is 11.0. The minimum absolute atomic E-state index is 0.157. The largest absolute Gasteiger partial charge is 0.334 e. The summed E-state index contributed by atoms with van der Waals surface area (Å²) in [6.07, 6.45) is 3.51. The van der Waals surface area contributed by atoms with Crippen LogP contribution < -0.4 is 10.6 Å². The molecular formula is C12H19N3O. The number of carbonyl (C=O) groups is 1. The lowest BCUT2D eigenvalue weighted by molar-refractivity contribution is 0.231. The average Bonchev–Trinajstić information content (AvgIpc) is 2.14. The average molecular weight is 221 g/mol. The number of pyridine rings is 1. The minimum Gasteiger partial charge on any atom is -0.334 e. The first-order valence-electron chi connectivity index (χ1n) is 5.34. The highest BCUT2D eigenvalue weighted by Crippen LogP contribution is 2.04. The summed E-state index contributed by atoms with van der Waals surface area (Å²) in [6, 6.07) is 1.77. The zero-order chi connectivity index (χ0) is 12.2. The van der Waals surface area contributed by atoms with Gasteiger partial charge >= 0.3 is 6.03 Å². The fourth-order valence-electron chi connectivity index (χ4n) is 1.24. The molecule has 2 amide bonds. The Hall–Kier alpha value is -1.58. The molecule has 1 aromatic heterocycles. The molecule has 1 rings (SSSR count). The molecule has 4 nitrogen and oxygen atoms in total. The number of aromatic nitrogens is 1. The van der Waals surface area contributed by atoms with Crippen molar-refractivity contribution in [2.75, 3.05) is 0 Å². The van der Waals surface area contributed by atoms with E-state index in [0.29, 0.717) is 6.54 Å². The van der Waals surface area contributed by atoms with E-state index in [1.165, 1.54) is 0 Å². The molecule has 0 aliphatic rings. The van der Waals surface area contributed by atoms with Crippen LogP contribution in [0.3, 0.4) is 0 Å². The third kappa shape index (κ3) is 4.29. The topological polar surface area (TPSA) is 54.0 Å². The van der Waals surface area contributed by atoms with Gasteiger partial charge in [-0.3, -0.25) is 4.98 Å². The maximum Gasteiger partial charge on any atom is 0.315 e. The zero-order valence-electron chi connectivity index (χ0n) is 10.3. The molecule has 0 fully saturated rings. The highest BCUT2D eigenvalue weighted by atomic mass is 16.2. The summed E-state index contributed by atoms with van der Waals surface area (Å²) in [5.41, 5.74) is 1.95. The standard InChI is InChI=1S/C12H19N3O/c1-9-5-6-13-7-10(9)8-14-11(16)15-12(2,3)4/h5-7H,8H2,1-4H3,(H2,14,15,16). The third-order valence-electron chi connectivity index (χ3n) is 2.08. The lowest BCUT2D eigenvalue weighted by Crippen LogP contribution is -2.46. The maximum absolute atomic E-state index is 11.5. The van der Waals surface area contributed by atoms with E-state index in [0.717, 1.165) is 11.1 Å². The fourth-order valence-corrected chi connectivity index (χ4v) is 1.24. The second-order valence-corrected chi connectivity index (χ2v) is 4.86. The van der Waals surface area contributed by atoms with E-state index < -0.39 is 0 Å². The fraction of sp³-hybridized carbons (Fsp3) is 0.500. The van der Waals surface area contributed by atoms with E-state index in [4.69, 9.17) is 0 Å². The third-order valence-corrected chi connectivity index (χ3v) is 2.08. The molecule has 0 saturated carbocycles. The predicted octanol–water partition coefficient (Wildman–Crippen LogP) is 1.99. The molecule has 0 atom stereocenters. The number of hydrogen-bond acceptors (Lipinski definition) is 2. The molecular weight excluding hydrogens is 202 g/mol. The van der Waals surface area contributed by atoms with Crippen molar-refractivity contribution in [1.29, 1.82) is 0 Å². The number of hydrogen-bond donors (Lipinski definition) is 2. The SMILES string of the molecule is Cc1ccncc1CNC(=O)NC(C)(C)C. The van der Waals surface area contributed by atoms with E-state index in [1.807, 2.05) is 33.8 Å². The molecule has 88 valence electrons. The number of nitrogens with one attached hydrogen (secondary N) is 2. The first kappa shape index (κ1) is 12.5. The molecule has 16 heavy (non-hydrogen) atoms. The Morgan fingerprint density at radius 3 is 2.69 bits per heavy atom.